The molecule has 0 spiro atoms. The molecule has 0 aromatic heterocycles. The predicted octanol–water partition coefficient (Wildman–Crippen LogP) is 5.21. The molecule has 25 heavy (non-hydrogen) atoms. The molecule has 2 N–H and O–H groups in total. The van der Waals surface area contributed by atoms with E-state index in [1.807, 2.05) is 0 Å². The molecule has 146 valence electrons. The van der Waals surface area contributed by atoms with Crippen LogP contribution in [0.1, 0.15) is 51.4 Å². The average Bonchev–Trinajstić information content (AvgIpc) is 2.33. The molecule has 2 aliphatic rings. The Morgan fingerprint density at radius 2 is 1.12 bits per heavy atom. The standard InChI is InChI=1S/2C8H11.BH2O3.4FH.Ir/c2*1-2-4-6-8-7-5-3-1;2-1(3)4;;;;;/h2*1-2,7H,3-6H2;2-3H;4*1H;/q;;-1;;;;;+5/p-4. The van der Waals surface area contributed by atoms with Gasteiger partial charge in [0.05, 0.1) is 0 Å². The quantitative estimate of drug-likeness (QED) is 0.291. The van der Waals surface area contributed by atoms with Crippen molar-refractivity contribution in [2.45, 2.75) is 51.4 Å². The van der Waals surface area contributed by atoms with Crippen LogP contribution in [0.3, 0.4) is 0 Å². The fraction of sp³-hybridized carbons (Fsp3) is 0.500. The maximum atomic E-state index is 16.0. The van der Waals surface area contributed by atoms with Crippen molar-refractivity contribution in [3.05, 3.63) is 44.6 Å². The molecule has 3 nitrogen and oxygen atoms in total. The molecule has 0 unspecified atom stereocenters. The number of halogens is 4. The summed E-state index contributed by atoms with van der Waals surface area (Å²) < 4.78 is 64.8. The predicted molar refractivity (Wildman–Crippen MR) is 87.1 cm³/mol. The molecule has 0 amide bonds. The fourth-order valence-electron chi connectivity index (χ4n) is 2.91. The fourth-order valence-corrected chi connectivity index (χ4v) is 12.5. The van der Waals surface area contributed by atoms with Crippen LogP contribution < -0.4 is 0 Å². The number of hydrogen-bond donors (Lipinski definition) is 2. The third-order valence-corrected chi connectivity index (χ3v) is 15.6. The van der Waals surface area contributed by atoms with E-state index in [9.17, 15) is 0 Å². The maximum absolute atomic E-state index is 16.0. The first-order valence-corrected chi connectivity index (χ1v) is 15.1. The molecular weight excluding hydrogens is 519 g/mol. The molecule has 0 fully saturated rings. The van der Waals surface area contributed by atoms with E-state index in [4.69, 9.17) is 10.0 Å². The second kappa shape index (κ2) is 5.89. The van der Waals surface area contributed by atoms with E-state index >= 15 is 13.0 Å². The Morgan fingerprint density at radius 3 is 1.52 bits per heavy atom. The van der Waals surface area contributed by atoms with Crippen LogP contribution in [0.4, 0.5) is 13.0 Å². The Bertz CT molecular complexity index is 628. The number of rotatable bonds is 4. The molecule has 0 radical (unpaired) electrons. The monoisotopic (exact) mass is 544 g/mol. The van der Waals surface area contributed by atoms with Gasteiger partial charge < -0.3 is 0 Å². The zero-order valence-corrected chi connectivity index (χ0v) is 16.2. The SMILES string of the molecule is OB(O)[O][Ir]([F])([F])([F])([F])([C]1=CCCC=CCC1)[C]1=CCCC=CCC1. The Hall–Kier alpha value is -0.726. The first-order chi connectivity index (χ1) is 11.4. The normalized spacial score (nSPS) is 24.2. The summed E-state index contributed by atoms with van der Waals surface area (Å²) in [5.74, 6) is 0. The molecule has 0 aromatic carbocycles. The minimum absolute atomic E-state index is 0.0120. The minimum atomic E-state index is -11.0. The summed E-state index contributed by atoms with van der Waals surface area (Å²) >= 11 is -11.0. The van der Waals surface area contributed by atoms with E-state index < -0.39 is 42.4 Å². The Kier molecular flexibility index (Phi) is 4.85. The van der Waals surface area contributed by atoms with Gasteiger partial charge in [0.15, 0.2) is 0 Å². The molecule has 2 rings (SSSR count). The van der Waals surface area contributed by atoms with Crippen LogP contribution in [0.25, 0.3) is 0 Å². The summed E-state index contributed by atoms with van der Waals surface area (Å²) in [5, 5.41) is 18.1. The zero-order valence-electron chi connectivity index (χ0n) is 13.8. The second-order valence-corrected chi connectivity index (χ2v) is 18.4. The summed E-state index contributed by atoms with van der Waals surface area (Å²) in [6.07, 6.45) is 7.91. The van der Waals surface area contributed by atoms with Crippen molar-refractivity contribution in [1.82, 2.24) is 0 Å². The van der Waals surface area contributed by atoms with Crippen LogP contribution in [0.15, 0.2) is 44.6 Å². The Labute approximate surface area is 144 Å². The van der Waals surface area contributed by atoms with Gasteiger partial charge in [0.2, 0.25) is 0 Å². The van der Waals surface area contributed by atoms with Gasteiger partial charge in [-0.1, -0.05) is 0 Å². The van der Waals surface area contributed by atoms with Crippen molar-refractivity contribution in [2.24, 2.45) is 0 Å². The Balaban J connectivity index is 2.71. The van der Waals surface area contributed by atoms with Gasteiger partial charge in [-0.05, 0) is 0 Å². The van der Waals surface area contributed by atoms with Crippen molar-refractivity contribution in [3.8, 4) is 0 Å². The van der Waals surface area contributed by atoms with Crippen molar-refractivity contribution in [3.63, 3.8) is 0 Å². The topological polar surface area (TPSA) is 49.7 Å². The summed E-state index contributed by atoms with van der Waals surface area (Å²) in [6, 6.07) is 0. The van der Waals surface area contributed by atoms with Crippen LogP contribution in [0.2, 0.25) is 0 Å². The summed E-state index contributed by atoms with van der Waals surface area (Å²) in [6.45, 7) is 0. The Morgan fingerprint density at radius 1 is 0.720 bits per heavy atom. The van der Waals surface area contributed by atoms with Gasteiger partial charge in [0.1, 0.15) is 0 Å². The molecular formula is C16H24BF4IrO3. The van der Waals surface area contributed by atoms with Gasteiger partial charge in [-0.2, -0.15) is 0 Å². The molecule has 0 saturated heterocycles. The molecule has 0 atom stereocenters. The van der Waals surface area contributed by atoms with Crippen molar-refractivity contribution in [1.29, 1.82) is 0 Å². The van der Waals surface area contributed by atoms with Crippen molar-refractivity contribution in [2.75, 3.05) is 0 Å². The number of hydrogen-bond acceptors (Lipinski definition) is 3. The first kappa shape index (κ1) is 20.6. The molecule has 9 heteroatoms. The van der Waals surface area contributed by atoms with E-state index in [-0.39, 0.29) is 25.7 Å². The zero-order chi connectivity index (χ0) is 18.7. The van der Waals surface area contributed by atoms with Crippen LogP contribution in [-0.2, 0) is 17.5 Å². The third kappa shape index (κ3) is 4.01. The molecule has 0 aromatic rings. The average molecular weight is 543 g/mol. The summed E-state index contributed by atoms with van der Waals surface area (Å²) in [4.78, 5) is 0. The summed E-state index contributed by atoms with van der Waals surface area (Å²) in [5.41, 5.74) is 0. The number of allylic oxidation sites excluding steroid dienone is 8. The van der Waals surface area contributed by atoms with Crippen LogP contribution >= 0.6 is 0 Å². The third-order valence-electron chi connectivity index (χ3n) is 4.09. The first-order valence-electron chi connectivity index (χ1n) is 8.13. The van der Waals surface area contributed by atoms with Crippen molar-refractivity contribution < 1.29 is 40.5 Å². The molecule has 0 aliphatic heterocycles. The van der Waals surface area contributed by atoms with Crippen LogP contribution in [-0.4, -0.2) is 17.4 Å². The van der Waals surface area contributed by atoms with Gasteiger partial charge in [-0.3, -0.25) is 0 Å². The molecule has 2 aliphatic carbocycles. The van der Waals surface area contributed by atoms with Gasteiger partial charge in [-0.15, -0.1) is 0 Å². The van der Waals surface area contributed by atoms with E-state index in [1.165, 1.54) is 0 Å². The van der Waals surface area contributed by atoms with Gasteiger partial charge in [-0.25, -0.2) is 0 Å². The van der Waals surface area contributed by atoms with E-state index in [1.54, 1.807) is 24.3 Å². The van der Waals surface area contributed by atoms with Gasteiger partial charge in [0.25, 0.3) is 0 Å². The molecule has 0 bridgehead atoms. The van der Waals surface area contributed by atoms with E-state index in [0.29, 0.717) is 12.8 Å². The van der Waals surface area contributed by atoms with Crippen LogP contribution in [0.5, 0.6) is 0 Å². The summed E-state index contributed by atoms with van der Waals surface area (Å²) in [7, 11) is -3.27. The van der Waals surface area contributed by atoms with Gasteiger partial charge >= 0.3 is 144 Å². The van der Waals surface area contributed by atoms with Crippen LogP contribution in [0, 0.1) is 0 Å². The second-order valence-electron chi connectivity index (χ2n) is 6.04. The molecule has 0 saturated carbocycles. The van der Waals surface area contributed by atoms with E-state index in [0.717, 1.165) is 12.2 Å². The molecule has 0 heterocycles. The van der Waals surface area contributed by atoms with E-state index in [2.05, 4.69) is 3.41 Å². The van der Waals surface area contributed by atoms with Crippen molar-refractivity contribution >= 4 is 7.32 Å². The van der Waals surface area contributed by atoms with Gasteiger partial charge in [0, 0.05) is 0 Å².